The third-order valence-electron chi connectivity index (χ3n) is 4.56. The Morgan fingerprint density at radius 1 is 1.28 bits per heavy atom. The summed E-state index contributed by atoms with van der Waals surface area (Å²) in [6, 6.07) is 6.49. The predicted octanol–water partition coefficient (Wildman–Crippen LogP) is 3.56. The number of nitrogens with zero attached hydrogens (tertiary/aromatic N) is 1. The highest BCUT2D eigenvalue weighted by molar-refractivity contribution is 7.99. The van der Waals surface area contributed by atoms with Crippen LogP contribution in [0.3, 0.4) is 0 Å². The van der Waals surface area contributed by atoms with Crippen LogP contribution in [0.25, 0.3) is 0 Å². The molecule has 1 aliphatic rings. The number of hydrogen-bond donors (Lipinski definition) is 1. The molecule has 0 unspecified atom stereocenters. The lowest BCUT2D eigenvalue weighted by Crippen LogP contribution is -2.41. The standard InChI is InChI=1S/C19H30N2O2S.ClH/c1-15-4-5-18(14-16(15)2)24-13-8-19(22)21-10-6-17(7-11-21)23-12-3-9-20;/h4-5,14,17H,3,6-13,20H2,1-2H3;1H. The number of thioether (sulfide) groups is 1. The molecule has 2 N–H and O–H groups in total. The van der Waals surface area contributed by atoms with Crippen LogP contribution in [-0.4, -0.2) is 48.9 Å². The highest BCUT2D eigenvalue weighted by Gasteiger charge is 2.22. The fraction of sp³-hybridized carbons (Fsp3) is 0.632. The summed E-state index contributed by atoms with van der Waals surface area (Å²) in [5, 5.41) is 0. The van der Waals surface area contributed by atoms with E-state index in [-0.39, 0.29) is 18.3 Å². The smallest absolute Gasteiger partial charge is 0.223 e. The number of ether oxygens (including phenoxy) is 1. The summed E-state index contributed by atoms with van der Waals surface area (Å²) >= 11 is 1.77. The Kier molecular flexibility index (Phi) is 10.5. The van der Waals surface area contributed by atoms with Crippen molar-refractivity contribution in [2.75, 3.05) is 32.0 Å². The lowest BCUT2D eigenvalue weighted by atomic mass is 10.1. The first-order chi connectivity index (χ1) is 11.6. The van der Waals surface area contributed by atoms with Gasteiger partial charge in [-0.3, -0.25) is 4.79 Å². The van der Waals surface area contributed by atoms with Gasteiger partial charge in [-0.1, -0.05) is 6.07 Å². The zero-order valence-electron chi connectivity index (χ0n) is 15.3. The van der Waals surface area contributed by atoms with E-state index in [1.54, 1.807) is 11.8 Å². The fourth-order valence-electron chi connectivity index (χ4n) is 2.82. The SMILES string of the molecule is Cc1ccc(SCCC(=O)N2CCC(OCCCN)CC2)cc1C.Cl. The quantitative estimate of drug-likeness (QED) is 0.548. The van der Waals surface area contributed by atoms with E-state index in [9.17, 15) is 4.79 Å². The van der Waals surface area contributed by atoms with Gasteiger partial charge < -0.3 is 15.4 Å². The van der Waals surface area contributed by atoms with Crippen molar-refractivity contribution in [3.8, 4) is 0 Å². The van der Waals surface area contributed by atoms with Gasteiger partial charge >= 0.3 is 0 Å². The van der Waals surface area contributed by atoms with Gasteiger partial charge in [0.2, 0.25) is 5.91 Å². The third-order valence-corrected chi connectivity index (χ3v) is 5.56. The van der Waals surface area contributed by atoms with Crippen LogP contribution in [0.1, 0.15) is 36.8 Å². The van der Waals surface area contributed by atoms with Crippen LogP contribution in [0.4, 0.5) is 0 Å². The Labute approximate surface area is 162 Å². The molecule has 1 aromatic carbocycles. The van der Waals surface area contributed by atoms with Gasteiger partial charge in [-0.2, -0.15) is 0 Å². The molecule has 1 aliphatic heterocycles. The van der Waals surface area contributed by atoms with E-state index in [1.807, 2.05) is 4.90 Å². The second-order valence-electron chi connectivity index (χ2n) is 6.44. The molecular formula is C19H31ClN2O2S. The van der Waals surface area contributed by atoms with Gasteiger partial charge in [0, 0.05) is 36.8 Å². The number of rotatable bonds is 8. The Morgan fingerprint density at radius 2 is 2.00 bits per heavy atom. The minimum atomic E-state index is 0. The van der Waals surface area contributed by atoms with Crippen LogP contribution in [0, 0.1) is 13.8 Å². The summed E-state index contributed by atoms with van der Waals surface area (Å²) in [6.07, 6.45) is 3.71. The van der Waals surface area contributed by atoms with Crippen LogP contribution >= 0.6 is 24.2 Å². The minimum Gasteiger partial charge on any atom is -0.378 e. The first-order valence-corrected chi connectivity index (χ1v) is 9.88. The molecule has 0 spiro atoms. The highest BCUT2D eigenvalue weighted by atomic mass is 35.5. The number of carbonyl (C=O) groups excluding carboxylic acids is 1. The van der Waals surface area contributed by atoms with Gasteiger partial charge in [0.15, 0.2) is 0 Å². The molecule has 1 heterocycles. The number of piperidine rings is 1. The van der Waals surface area contributed by atoms with Gasteiger partial charge in [0.1, 0.15) is 0 Å². The van der Waals surface area contributed by atoms with Crippen LogP contribution < -0.4 is 5.73 Å². The van der Waals surface area contributed by atoms with Crippen LogP contribution in [-0.2, 0) is 9.53 Å². The predicted molar refractivity (Wildman–Crippen MR) is 108 cm³/mol. The number of benzene rings is 1. The summed E-state index contributed by atoms with van der Waals surface area (Å²) in [7, 11) is 0. The second kappa shape index (κ2) is 11.8. The monoisotopic (exact) mass is 386 g/mol. The number of likely N-dealkylation sites (tertiary alicyclic amines) is 1. The molecule has 0 atom stereocenters. The van der Waals surface area contributed by atoms with Crippen molar-refractivity contribution in [3.05, 3.63) is 29.3 Å². The molecule has 6 heteroatoms. The van der Waals surface area contributed by atoms with Crippen molar-refractivity contribution < 1.29 is 9.53 Å². The lowest BCUT2D eigenvalue weighted by Gasteiger charge is -2.32. The highest BCUT2D eigenvalue weighted by Crippen LogP contribution is 2.22. The maximum absolute atomic E-state index is 12.3. The molecule has 1 amide bonds. The number of nitrogens with two attached hydrogens (primary N) is 1. The van der Waals surface area contributed by atoms with Crippen molar-refractivity contribution in [1.82, 2.24) is 4.90 Å². The molecule has 25 heavy (non-hydrogen) atoms. The van der Waals surface area contributed by atoms with E-state index in [2.05, 4.69) is 32.0 Å². The van der Waals surface area contributed by atoms with Crippen LogP contribution in [0.2, 0.25) is 0 Å². The summed E-state index contributed by atoms with van der Waals surface area (Å²) in [4.78, 5) is 15.6. The van der Waals surface area contributed by atoms with Gasteiger partial charge in [-0.25, -0.2) is 0 Å². The van der Waals surface area contributed by atoms with Gasteiger partial charge in [-0.05, 0) is 62.9 Å². The number of aryl methyl sites for hydroxylation is 2. The van der Waals surface area contributed by atoms with Crippen LogP contribution in [0.15, 0.2) is 23.1 Å². The summed E-state index contributed by atoms with van der Waals surface area (Å²) in [5.41, 5.74) is 8.10. The topological polar surface area (TPSA) is 55.6 Å². The van der Waals surface area contributed by atoms with Crippen molar-refractivity contribution in [3.63, 3.8) is 0 Å². The van der Waals surface area contributed by atoms with E-state index in [1.165, 1.54) is 16.0 Å². The summed E-state index contributed by atoms with van der Waals surface area (Å²) < 4.78 is 5.79. The van der Waals surface area contributed by atoms with E-state index in [4.69, 9.17) is 10.5 Å². The van der Waals surface area contributed by atoms with E-state index < -0.39 is 0 Å². The van der Waals surface area contributed by atoms with Crippen molar-refractivity contribution in [2.45, 2.75) is 50.5 Å². The van der Waals surface area contributed by atoms with Gasteiger partial charge in [0.25, 0.3) is 0 Å². The average Bonchev–Trinajstić information content (AvgIpc) is 2.59. The van der Waals surface area contributed by atoms with Crippen molar-refractivity contribution in [1.29, 1.82) is 0 Å². The zero-order valence-corrected chi connectivity index (χ0v) is 17.0. The van der Waals surface area contributed by atoms with Gasteiger partial charge in [-0.15, -0.1) is 24.2 Å². The first kappa shape index (κ1) is 22.3. The molecule has 0 saturated carbocycles. The second-order valence-corrected chi connectivity index (χ2v) is 7.61. The molecule has 142 valence electrons. The molecule has 0 bridgehead atoms. The molecule has 0 aliphatic carbocycles. The number of amides is 1. The first-order valence-electron chi connectivity index (χ1n) is 8.89. The maximum Gasteiger partial charge on any atom is 0.223 e. The Balaban J connectivity index is 0.00000312. The molecular weight excluding hydrogens is 356 g/mol. The Bertz CT molecular complexity index is 534. The Morgan fingerprint density at radius 3 is 2.64 bits per heavy atom. The van der Waals surface area contributed by atoms with E-state index in [0.29, 0.717) is 19.1 Å². The summed E-state index contributed by atoms with van der Waals surface area (Å²) in [6.45, 7) is 7.30. The van der Waals surface area contributed by atoms with E-state index >= 15 is 0 Å². The lowest BCUT2D eigenvalue weighted by molar-refractivity contribution is -0.133. The van der Waals surface area contributed by atoms with Gasteiger partial charge in [0.05, 0.1) is 6.10 Å². The molecule has 1 fully saturated rings. The number of carbonyl (C=O) groups is 1. The maximum atomic E-state index is 12.3. The molecule has 2 rings (SSSR count). The molecule has 0 radical (unpaired) electrons. The fourth-order valence-corrected chi connectivity index (χ4v) is 3.76. The Hall–Kier alpha value is -0.750. The third kappa shape index (κ3) is 7.57. The normalized spacial score (nSPS) is 15.1. The molecule has 4 nitrogen and oxygen atoms in total. The number of halogens is 1. The minimum absolute atomic E-state index is 0. The molecule has 1 saturated heterocycles. The zero-order chi connectivity index (χ0) is 17.4. The summed E-state index contributed by atoms with van der Waals surface area (Å²) in [5.74, 6) is 1.11. The molecule has 0 aromatic heterocycles. The number of hydrogen-bond acceptors (Lipinski definition) is 4. The molecule has 1 aromatic rings. The van der Waals surface area contributed by atoms with Crippen LogP contribution in [0.5, 0.6) is 0 Å². The largest absolute Gasteiger partial charge is 0.378 e. The van der Waals surface area contributed by atoms with Crippen molar-refractivity contribution in [2.24, 2.45) is 5.73 Å². The average molecular weight is 387 g/mol. The van der Waals surface area contributed by atoms with E-state index in [0.717, 1.165) is 44.7 Å². The van der Waals surface area contributed by atoms with Crippen molar-refractivity contribution >= 4 is 30.1 Å².